The van der Waals surface area contributed by atoms with Gasteiger partial charge in [-0.15, -0.1) is 21.5 Å². The highest BCUT2D eigenvalue weighted by atomic mass is 32.2. The van der Waals surface area contributed by atoms with Crippen LogP contribution in [0.4, 0.5) is 0 Å². The summed E-state index contributed by atoms with van der Waals surface area (Å²) in [5.41, 5.74) is 0. The van der Waals surface area contributed by atoms with Gasteiger partial charge < -0.3 is 4.42 Å². The van der Waals surface area contributed by atoms with E-state index in [4.69, 9.17) is 4.42 Å². The van der Waals surface area contributed by atoms with Crippen LogP contribution in [0.1, 0.15) is 12.3 Å². The fourth-order valence-corrected chi connectivity index (χ4v) is 4.73. The standard InChI is InChI=1S/C12H15N3O3S2/c1-15(9-4-6-20(16,17)8-9)7-11-13-14-12(18-11)10-3-2-5-19-10/h2-3,5,9H,4,6-8H2,1H3. The molecule has 3 heterocycles. The van der Waals surface area contributed by atoms with Gasteiger partial charge in [0, 0.05) is 6.04 Å². The normalized spacial score (nSPS) is 21.6. The number of nitrogens with zero attached hydrogens (tertiary/aromatic N) is 3. The van der Waals surface area contributed by atoms with E-state index in [1.807, 2.05) is 29.5 Å². The topological polar surface area (TPSA) is 76.3 Å². The minimum Gasteiger partial charge on any atom is -0.419 e. The summed E-state index contributed by atoms with van der Waals surface area (Å²) in [6.07, 6.45) is 0.671. The first-order valence-electron chi connectivity index (χ1n) is 6.30. The molecule has 0 saturated carbocycles. The van der Waals surface area contributed by atoms with Gasteiger partial charge in [-0.25, -0.2) is 8.42 Å². The quantitative estimate of drug-likeness (QED) is 0.849. The van der Waals surface area contributed by atoms with E-state index >= 15 is 0 Å². The van der Waals surface area contributed by atoms with Gasteiger partial charge in [0.2, 0.25) is 5.89 Å². The molecule has 0 spiro atoms. The number of aromatic nitrogens is 2. The summed E-state index contributed by atoms with van der Waals surface area (Å²) in [5.74, 6) is 1.52. The predicted octanol–water partition coefficient (Wildman–Crippen LogP) is 1.42. The number of thiophene rings is 1. The molecule has 0 aliphatic carbocycles. The first-order valence-corrected chi connectivity index (χ1v) is 9.00. The van der Waals surface area contributed by atoms with E-state index in [1.165, 1.54) is 0 Å². The maximum absolute atomic E-state index is 11.5. The van der Waals surface area contributed by atoms with Crippen LogP contribution in [0.2, 0.25) is 0 Å². The molecular formula is C12H15N3O3S2. The summed E-state index contributed by atoms with van der Waals surface area (Å²) in [6.45, 7) is 0.471. The smallest absolute Gasteiger partial charge is 0.257 e. The van der Waals surface area contributed by atoms with Gasteiger partial charge in [0.05, 0.1) is 22.9 Å². The number of hydrogen-bond donors (Lipinski definition) is 0. The van der Waals surface area contributed by atoms with Crippen LogP contribution in [-0.4, -0.2) is 48.1 Å². The van der Waals surface area contributed by atoms with Crippen molar-refractivity contribution in [2.24, 2.45) is 0 Å². The van der Waals surface area contributed by atoms with Crippen molar-refractivity contribution in [2.75, 3.05) is 18.6 Å². The van der Waals surface area contributed by atoms with Crippen molar-refractivity contribution < 1.29 is 12.8 Å². The minimum absolute atomic E-state index is 0.0390. The van der Waals surface area contributed by atoms with Crippen LogP contribution >= 0.6 is 11.3 Å². The zero-order valence-electron chi connectivity index (χ0n) is 11.0. The maximum Gasteiger partial charge on any atom is 0.257 e. The largest absolute Gasteiger partial charge is 0.419 e. The second-order valence-corrected chi connectivity index (χ2v) is 8.13. The van der Waals surface area contributed by atoms with Gasteiger partial charge >= 0.3 is 0 Å². The van der Waals surface area contributed by atoms with Crippen molar-refractivity contribution >= 4 is 21.2 Å². The lowest BCUT2D eigenvalue weighted by molar-refractivity contribution is 0.230. The minimum atomic E-state index is -2.87. The van der Waals surface area contributed by atoms with Gasteiger partial charge in [-0.3, -0.25) is 4.90 Å². The lowest BCUT2D eigenvalue weighted by atomic mass is 10.2. The molecule has 1 aliphatic heterocycles. The number of rotatable bonds is 4. The molecule has 1 atom stereocenters. The van der Waals surface area contributed by atoms with Gasteiger partial charge in [0.1, 0.15) is 0 Å². The van der Waals surface area contributed by atoms with Crippen molar-refractivity contribution in [3.63, 3.8) is 0 Å². The van der Waals surface area contributed by atoms with Crippen molar-refractivity contribution in [2.45, 2.75) is 19.0 Å². The molecule has 1 unspecified atom stereocenters. The van der Waals surface area contributed by atoms with E-state index in [9.17, 15) is 8.42 Å². The third-order valence-electron chi connectivity index (χ3n) is 3.42. The lowest BCUT2D eigenvalue weighted by Crippen LogP contribution is -2.32. The van der Waals surface area contributed by atoms with E-state index in [-0.39, 0.29) is 17.5 Å². The molecule has 1 fully saturated rings. The van der Waals surface area contributed by atoms with Crippen LogP contribution in [0.25, 0.3) is 10.8 Å². The Hall–Kier alpha value is -1.25. The highest BCUT2D eigenvalue weighted by molar-refractivity contribution is 7.91. The van der Waals surface area contributed by atoms with Crippen LogP contribution in [0, 0.1) is 0 Å². The molecule has 8 heteroatoms. The molecule has 1 saturated heterocycles. The molecule has 0 bridgehead atoms. The van der Waals surface area contributed by atoms with Gasteiger partial charge in [0.25, 0.3) is 5.89 Å². The fourth-order valence-electron chi connectivity index (χ4n) is 2.28. The predicted molar refractivity (Wildman–Crippen MR) is 76.1 cm³/mol. The SMILES string of the molecule is CN(Cc1nnc(-c2cccs2)o1)C1CCS(=O)(=O)C1. The summed E-state index contributed by atoms with van der Waals surface area (Å²) < 4.78 is 28.6. The van der Waals surface area contributed by atoms with Crippen molar-refractivity contribution in [3.8, 4) is 10.8 Å². The van der Waals surface area contributed by atoms with Gasteiger partial charge in [0.15, 0.2) is 9.84 Å². The molecule has 2 aromatic rings. The summed E-state index contributed by atoms with van der Waals surface area (Å²) >= 11 is 1.54. The monoisotopic (exact) mass is 313 g/mol. The van der Waals surface area contributed by atoms with Crippen LogP contribution in [0.3, 0.4) is 0 Å². The van der Waals surface area contributed by atoms with E-state index in [1.54, 1.807) is 11.3 Å². The molecule has 20 heavy (non-hydrogen) atoms. The third-order valence-corrected chi connectivity index (χ3v) is 6.02. The van der Waals surface area contributed by atoms with E-state index in [2.05, 4.69) is 10.2 Å². The Bertz CT molecular complexity index is 679. The molecule has 0 N–H and O–H groups in total. The summed E-state index contributed by atoms with van der Waals surface area (Å²) in [5, 5.41) is 9.99. The Kier molecular flexibility index (Phi) is 3.61. The van der Waals surface area contributed by atoms with Crippen LogP contribution in [-0.2, 0) is 16.4 Å². The Balaban J connectivity index is 1.66. The Morgan fingerprint density at radius 1 is 1.50 bits per heavy atom. The number of sulfone groups is 1. The molecule has 0 amide bonds. The van der Waals surface area contributed by atoms with Crippen molar-refractivity contribution in [1.29, 1.82) is 0 Å². The molecule has 1 aliphatic rings. The van der Waals surface area contributed by atoms with E-state index in [0.29, 0.717) is 24.7 Å². The summed E-state index contributed by atoms with van der Waals surface area (Å²) in [7, 11) is -0.980. The number of hydrogen-bond acceptors (Lipinski definition) is 7. The molecule has 2 aromatic heterocycles. The van der Waals surface area contributed by atoms with Gasteiger partial charge in [-0.2, -0.15) is 0 Å². The lowest BCUT2D eigenvalue weighted by Gasteiger charge is -2.20. The molecular weight excluding hydrogens is 298 g/mol. The van der Waals surface area contributed by atoms with Crippen LogP contribution in [0.5, 0.6) is 0 Å². The molecule has 6 nitrogen and oxygen atoms in total. The molecule has 0 aromatic carbocycles. The first kappa shape index (κ1) is 13.7. The van der Waals surface area contributed by atoms with Gasteiger partial charge in [-0.05, 0) is 24.9 Å². The highest BCUT2D eigenvalue weighted by Gasteiger charge is 2.31. The average Bonchev–Trinajstić information content (AvgIpc) is 3.07. The third kappa shape index (κ3) is 2.92. The fraction of sp³-hybridized carbons (Fsp3) is 0.500. The van der Waals surface area contributed by atoms with Crippen molar-refractivity contribution in [1.82, 2.24) is 15.1 Å². The summed E-state index contributed by atoms with van der Waals surface area (Å²) in [4.78, 5) is 2.91. The maximum atomic E-state index is 11.5. The van der Waals surface area contributed by atoms with Gasteiger partial charge in [-0.1, -0.05) is 6.07 Å². The van der Waals surface area contributed by atoms with Crippen LogP contribution < -0.4 is 0 Å². The Labute approximate surface area is 121 Å². The van der Waals surface area contributed by atoms with E-state index < -0.39 is 9.84 Å². The van der Waals surface area contributed by atoms with Crippen molar-refractivity contribution in [3.05, 3.63) is 23.4 Å². The summed E-state index contributed by atoms with van der Waals surface area (Å²) in [6, 6.07) is 3.89. The highest BCUT2D eigenvalue weighted by Crippen LogP contribution is 2.24. The second-order valence-electron chi connectivity index (χ2n) is 4.95. The zero-order chi connectivity index (χ0) is 14.2. The Morgan fingerprint density at radius 2 is 2.35 bits per heavy atom. The molecule has 108 valence electrons. The zero-order valence-corrected chi connectivity index (χ0v) is 12.7. The molecule has 0 radical (unpaired) electrons. The second kappa shape index (κ2) is 5.27. The van der Waals surface area contributed by atoms with E-state index in [0.717, 1.165) is 4.88 Å². The average molecular weight is 313 g/mol. The Morgan fingerprint density at radius 3 is 3.00 bits per heavy atom. The van der Waals surface area contributed by atoms with Crippen LogP contribution in [0.15, 0.2) is 21.9 Å². The molecule has 3 rings (SSSR count). The first-order chi connectivity index (χ1) is 9.53.